The lowest BCUT2D eigenvalue weighted by Gasteiger charge is -2.09. The lowest BCUT2D eigenvalue weighted by Crippen LogP contribution is -2.30. The molecule has 0 saturated carbocycles. The van der Waals surface area contributed by atoms with E-state index in [4.69, 9.17) is 6.57 Å². The van der Waals surface area contributed by atoms with Gasteiger partial charge in [-0.2, -0.15) is 0 Å². The highest BCUT2D eigenvalue weighted by Crippen LogP contribution is 2.30. The van der Waals surface area contributed by atoms with Crippen molar-refractivity contribution in [3.8, 4) is 11.3 Å². The third-order valence-corrected chi connectivity index (χ3v) is 3.90. The van der Waals surface area contributed by atoms with Crippen LogP contribution >= 0.6 is 0 Å². The SMILES string of the molecule is [C-]#[N+]c1ccc2c(-c3cc(C)ccc3C)[n+](C)ccc2c1. The van der Waals surface area contributed by atoms with Crippen LogP contribution in [0.15, 0.2) is 48.7 Å². The van der Waals surface area contributed by atoms with E-state index in [0.717, 1.165) is 5.39 Å². The van der Waals surface area contributed by atoms with Gasteiger partial charge in [-0.15, -0.1) is 0 Å². The fourth-order valence-electron chi connectivity index (χ4n) is 2.76. The summed E-state index contributed by atoms with van der Waals surface area (Å²) < 4.78 is 2.15. The van der Waals surface area contributed by atoms with Crippen LogP contribution in [-0.4, -0.2) is 0 Å². The van der Waals surface area contributed by atoms with Crippen molar-refractivity contribution in [2.75, 3.05) is 0 Å². The van der Waals surface area contributed by atoms with Gasteiger partial charge in [0.05, 0.1) is 12.0 Å². The van der Waals surface area contributed by atoms with E-state index in [9.17, 15) is 0 Å². The number of pyridine rings is 1. The van der Waals surface area contributed by atoms with Crippen LogP contribution in [0.4, 0.5) is 5.69 Å². The van der Waals surface area contributed by atoms with Crippen molar-refractivity contribution < 1.29 is 4.57 Å². The molecule has 0 spiro atoms. The molecule has 21 heavy (non-hydrogen) atoms. The molecule has 0 aliphatic carbocycles. The molecule has 2 nitrogen and oxygen atoms in total. The molecule has 1 aromatic heterocycles. The fraction of sp³-hybridized carbons (Fsp3) is 0.158. The van der Waals surface area contributed by atoms with Crippen LogP contribution in [0.3, 0.4) is 0 Å². The van der Waals surface area contributed by atoms with E-state index in [1.807, 2.05) is 12.1 Å². The molecule has 3 rings (SSSR count). The minimum absolute atomic E-state index is 0.684. The second-order valence-electron chi connectivity index (χ2n) is 5.48. The van der Waals surface area contributed by atoms with Crippen molar-refractivity contribution in [1.82, 2.24) is 0 Å². The Morgan fingerprint density at radius 1 is 1.00 bits per heavy atom. The highest BCUT2D eigenvalue weighted by atomic mass is 14.9. The maximum absolute atomic E-state index is 7.16. The summed E-state index contributed by atoms with van der Waals surface area (Å²) in [6, 6.07) is 14.5. The van der Waals surface area contributed by atoms with E-state index >= 15 is 0 Å². The predicted octanol–water partition coefficient (Wildman–Crippen LogP) is 4.50. The Morgan fingerprint density at radius 2 is 1.81 bits per heavy atom. The van der Waals surface area contributed by atoms with Crippen LogP contribution in [-0.2, 0) is 7.05 Å². The van der Waals surface area contributed by atoms with E-state index in [2.05, 4.69) is 66.8 Å². The Hall–Kier alpha value is -2.66. The third kappa shape index (κ3) is 2.28. The normalized spacial score (nSPS) is 10.6. The van der Waals surface area contributed by atoms with E-state index < -0.39 is 0 Å². The van der Waals surface area contributed by atoms with Crippen molar-refractivity contribution in [1.29, 1.82) is 0 Å². The second kappa shape index (κ2) is 5.03. The van der Waals surface area contributed by atoms with Crippen molar-refractivity contribution in [3.05, 3.63) is 71.2 Å². The quantitative estimate of drug-likeness (QED) is 0.456. The van der Waals surface area contributed by atoms with Crippen LogP contribution in [0, 0.1) is 20.4 Å². The monoisotopic (exact) mass is 273 g/mol. The molecule has 0 radical (unpaired) electrons. The van der Waals surface area contributed by atoms with Gasteiger partial charge < -0.3 is 0 Å². The number of nitrogens with zero attached hydrogens (tertiary/aromatic N) is 2. The molecule has 1 heterocycles. The smallest absolute Gasteiger partial charge is 0.220 e. The van der Waals surface area contributed by atoms with Gasteiger partial charge in [0.15, 0.2) is 11.9 Å². The van der Waals surface area contributed by atoms with Crippen LogP contribution < -0.4 is 4.57 Å². The first-order valence-corrected chi connectivity index (χ1v) is 6.97. The highest BCUT2D eigenvalue weighted by Gasteiger charge is 2.17. The molecule has 0 unspecified atom stereocenters. The molecule has 0 aliphatic heterocycles. The van der Waals surface area contributed by atoms with Crippen molar-refractivity contribution >= 4 is 16.5 Å². The molecular formula is C19H17N2+. The van der Waals surface area contributed by atoms with Gasteiger partial charge in [-0.05, 0) is 36.9 Å². The first kappa shape index (κ1) is 13.3. The topological polar surface area (TPSA) is 8.24 Å². The van der Waals surface area contributed by atoms with Crippen molar-refractivity contribution in [3.63, 3.8) is 0 Å². The predicted molar refractivity (Wildman–Crippen MR) is 86.3 cm³/mol. The summed E-state index contributed by atoms with van der Waals surface area (Å²) in [6.45, 7) is 11.4. The van der Waals surface area contributed by atoms with Gasteiger partial charge in [-0.3, -0.25) is 0 Å². The molecular weight excluding hydrogens is 256 g/mol. The molecule has 0 atom stereocenters. The van der Waals surface area contributed by atoms with Gasteiger partial charge in [0.25, 0.3) is 0 Å². The van der Waals surface area contributed by atoms with Crippen molar-refractivity contribution in [2.24, 2.45) is 7.05 Å². The number of aryl methyl sites for hydroxylation is 3. The van der Waals surface area contributed by atoms with Crippen LogP contribution in [0.25, 0.3) is 26.9 Å². The minimum Gasteiger partial charge on any atom is -0.238 e. The summed E-state index contributed by atoms with van der Waals surface area (Å²) >= 11 is 0. The molecule has 0 bridgehead atoms. The first-order chi connectivity index (χ1) is 10.1. The average molecular weight is 273 g/mol. The van der Waals surface area contributed by atoms with E-state index in [1.54, 1.807) is 0 Å². The lowest BCUT2D eigenvalue weighted by atomic mass is 9.98. The summed E-state index contributed by atoms with van der Waals surface area (Å²) in [6.07, 6.45) is 2.06. The standard InChI is InChI=1S/C19H17N2/c1-13-5-6-14(2)18(11-13)19-17-8-7-16(20-3)12-15(17)9-10-21(19)4/h5-12H,1-2,4H3/q+1. The molecule has 0 fully saturated rings. The zero-order chi connectivity index (χ0) is 15.0. The average Bonchev–Trinajstić information content (AvgIpc) is 2.49. The summed E-state index contributed by atoms with van der Waals surface area (Å²) in [4.78, 5) is 3.52. The Labute approximate surface area is 125 Å². The Morgan fingerprint density at radius 3 is 2.57 bits per heavy atom. The number of hydrogen-bond donors (Lipinski definition) is 0. The van der Waals surface area contributed by atoms with Gasteiger partial charge >= 0.3 is 0 Å². The van der Waals surface area contributed by atoms with Gasteiger partial charge in [0.2, 0.25) is 5.69 Å². The lowest BCUT2D eigenvalue weighted by molar-refractivity contribution is -0.659. The molecule has 0 amide bonds. The largest absolute Gasteiger partial charge is 0.238 e. The number of hydrogen-bond acceptors (Lipinski definition) is 0. The van der Waals surface area contributed by atoms with Crippen LogP contribution in [0.5, 0.6) is 0 Å². The van der Waals surface area contributed by atoms with E-state index in [1.165, 1.54) is 27.8 Å². The third-order valence-electron chi connectivity index (χ3n) is 3.90. The highest BCUT2D eigenvalue weighted by molar-refractivity contribution is 5.95. The summed E-state index contributed by atoms with van der Waals surface area (Å²) in [7, 11) is 2.07. The zero-order valence-corrected chi connectivity index (χ0v) is 12.5. The fourth-order valence-corrected chi connectivity index (χ4v) is 2.76. The van der Waals surface area contributed by atoms with Gasteiger partial charge in [-0.1, -0.05) is 29.8 Å². The first-order valence-electron chi connectivity index (χ1n) is 6.97. The van der Waals surface area contributed by atoms with Crippen molar-refractivity contribution in [2.45, 2.75) is 13.8 Å². The van der Waals surface area contributed by atoms with Gasteiger partial charge in [0, 0.05) is 11.6 Å². The number of rotatable bonds is 1. The van der Waals surface area contributed by atoms with E-state index in [-0.39, 0.29) is 0 Å². The summed E-state index contributed by atoms with van der Waals surface area (Å²) in [5.74, 6) is 0. The van der Waals surface area contributed by atoms with Gasteiger partial charge in [-0.25, -0.2) is 9.41 Å². The summed E-state index contributed by atoms with van der Waals surface area (Å²) in [5.41, 5.74) is 5.65. The molecule has 3 aromatic rings. The molecule has 102 valence electrons. The van der Waals surface area contributed by atoms with Gasteiger partial charge in [0.1, 0.15) is 7.05 Å². The van der Waals surface area contributed by atoms with E-state index in [0.29, 0.717) is 5.69 Å². The maximum atomic E-state index is 7.16. The molecule has 0 N–H and O–H groups in total. The number of aromatic nitrogens is 1. The molecule has 0 aliphatic rings. The number of benzene rings is 2. The Bertz CT molecular complexity index is 886. The molecule has 2 aromatic carbocycles. The molecule has 2 heteroatoms. The number of fused-ring (bicyclic) bond motifs is 1. The second-order valence-corrected chi connectivity index (χ2v) is 5.48. The van der Waals surface area contributed by atoms with Crippen LogP contribution in [0.2, 0.25) is 0 Å². The maximum Gasteiger partial charge on any atom is 0.220 e. The Balaban J connectivity index is 2.39. The van der Waals surface area contributed by atoms with Crippen LogP contribution in [0.1, 0.15) is 11.1 Å². The minimum atomic E-state index is 0.684. The Kier molecular flexibility index (Phi) is 3.19. The molecule has 0 saturated heterocycles. The summed E-state index contributed by atoms with van der Waals surface area (Å²) in [5, 5.41) is 2.29. The zero-order valence-electron chi connectivity index (χ0n) is 12.5.